The molecule has 2 saturated heterocycles. The summed E-state index contributed by atoms with van der Waals surface area (Å²) in [4.78, 5) is 47.7. The normalized spacial score (nSPS) is 18.7. The number of halogens is 3. The van der Waals surface area contributed by atoms with Crippen LogP contribution in [0.3, 0.4) is 0 Å². The van der Waals surface area contributed by atoms with Gasteiger partial charge in [-0.25, -0.2) is 27.6 Å². The fraction of sp³-hybridized carbons (Fsp3) is 0.364. The van der Waals surface area contributed by atoms with Crippen LogP contribution in [-0.4, -0.2) is 106 Å². The van der Waals surface area contributed by atoms with Crippen molar-refractivity contribution < 1.29 is 46.5 Å². The van der Waals surface area contributed by atoms with Gasteiger partial charge in [0.1, 0.15) is 36.7 Å². The Labute approximate surface area is 355 Å². The quantitative estimate of drug-likeness (QED) is 0.0955. The number of nitriles is 1. The highest BCUT2D eigenvalue weighted by atomic mass is 32.2. The molecule has 3 aromatic carbocycles. The fourth-order valence-electron chi connectivity index (χ4n) is 6.84. The predicted molar refractivity (Wildman–Crippen MR) is 219 cm³/mol. The number of ether oxygens (including phenoxy) is 4. The van der Waals surface area contributed by atoms with Crippen molar-refractivity contribution in [2.24, 2.45) is 0 Å². The molecule has 0 aliphatic carbocycles. The monoisotopic (exact) mass is 858 g/mol. The molecule has 6 rings (SSSR count). The molecule has 3 heterocycles. The number of esters is 2. The molecule has 61 heavy (non-hydrogen) atoms. The van der Waals surface area contributed by atoms with Crippen LogP contribution in [0.1, 0.15) is 52.4 Å². The maximum Gasteiger partial charge on any atom is 0.339 e. The summed E-state index contributed by atoms with van der Waals surface area (Å²) in [6, 6.07) is 15.5. The molecule has 2 atom stereocenters. The van der Waals surface area contributed by atoms with Crippen molar-refractivity contribution >= 4 is 35.7 Å². The molecular weight excluding hydrogens is 814 g/mol. The van der Waals surface area contributed by atoms with Crippen LogP contribution in [0.5, 0.6) is 0 Å². The van der Waals surface area contributed by atoms with Gasteiger partial charge in [-0.1, -0.05) is 42.5 Å². The number of carbonyl (C=O) groups excluding carboxylic acids is 3. The lowest BCUT2D eigenvalue weighted by atomic mass is 9.89. The SMILES string of the molecule is C[C@@H](SC1COC(/C=C/C=C/c2ccc(C#N)cc2F)OC1)[C@@](Cn1cncn1)(OC(=O)c1ccccc1COC(=O)CCC(=O)N1CCN(C)CC1)c1ccc(F)cc1F. The zero-order valence-corrected chi connectivity index (χ0v) is 34.4. The number of carbonyl (C=O) groups is 3. The molecule has 2 aliphatic heterocycles. The molecule has 1 amide bonds. The highest BCUT2D eigenvalue weighted by Gasteiger charge is 2.47. The summed E-state index contributed by atoms with van der Waals surface area (Å²) in [5.41, 5.74) is -1.07. The van der Waals surface area contributed by atoms with Crippen LogP contribution in [0.15, 0.2) is 91.5 Å². The number of hydrogen-bond donors (Lipinski definition) is 0. The maximum absolute atomic E-state index is 16.0. The van der Waals surface area contributed by atoms with Gasteiger partial charge in [-0.2, -0.15) is 10.4 Å². The van der Waals surface area contributed by atoms with Gasteiger partial charge in [0.05, 0.1) is 48.6 Å². The highest BCUT2D eigenvalue weighted by Crippen LogP contribution is 2.42. The smallest absolute Gasteiger partial charge is 0.339 e. The second kappa shape index (κ2) is 21.1. The molecule has 320 valence electrons. The molecule has 0 spiro atoms. The summed E-state index contributed by atoms with van der Waals surface area (Å²) in [5.74, 6) is -3.93. The Kier molecular flexibility index (Phi) is 15.5. The van der Waals surface area contributed by atoms with Gasteiger partial charge in [0.25, 0.3) is 0 Å². The van der Waals surface area contributed by atoms with Crippen LogP contribution in [0.25, 0.3) is 6.08 Å². The number of aromatic nitrogens is 3. The molecular formula is C44H45F3N6O7S. The Hall–Kier alpha value is -5.80. The zero-order chi connectivity index (χ0) is 43.4. The van der Waals surface area contributed by atoms with E-state index in [1.54, 1.807) is 54.3 Å². The Morgan fingerprint density at radius 3 is 2.48 bits per heavy atom. The molecule has 0 bridgehead atoms. The van der Waals surface area contributed by atoms with Gasteiger partial charge in [0.2, 0.25) is 5.91 Å². The number of benzene rings is 3. The van der Waals surface area contributed by atoms with Crippen molar-refractivity contribution in [2.75, 3.05) is 46.4 Å². The molecule has 2 aliphatic rings. The molecule has 1 aromatic heterocycles. The molecule has 13 nitrogen and oxygen atoms in total. The lowest BCUT2D eigenvalue weighted by Gasteiger charge is -2.40. The molecule has 0 N–H and O–H groups in total. The van der Waals surface area contributed by atoms with Gasteiger partial charge in [-0.3, -0.25) is 9.59 Å². The summed E-state index contributed by atoms with van der Waals surface area (Å²) in [6.45, 7) is 4.28. The van der Waals surface area contributed by atoms with Crippen LogP contribution >= 0.6 is 11.8 Å². The molecule has 4 aromatic rings. The van der Waals surface area contributed by atoms with Gasteiger partial charge >= 0.3 is 11.9 Å². The van der Waals surface area contributed by atoms with Crippen molar-refractivity contribution in [3.05, 3.63) is 137 Å². The van der Waals surface area contributed by atoms with Crippen LogP contribution in [0.4, 0.5) is 13.2 Å². The Bertz CT molecular complexity index is 2260. The highest BCUT2D eigenvalue weighted by molar-refractivity contribution is 8.00. The number of nitrogens with zero attached hydrogens (tertiary/aromatic N) is 6. The van der Waals surface area contributed by atoms with Gasteiger partial charge in [0.15, 0.2) is 11.9 Å². The molecule has 0 saturated carbocycles. The third kappa shape index (κ3) is 11.9. The number of thioether (sulfide) groups is 1. The van der Waals surface area contributed by atoms with E-state index in [1.165, 1.54) is 53.4 Å². The lowest BCUT2D eigenvalue weighted by Crippen LogP contribution is -2.47. The minimum atomic E-state index is -1.83. The van der Waals surface area contributed by atoms with Crippen LogP contribution in [-0.2, 0) is 47.3 Å². The average Bonchev–Trinajstić information content (AvgIpc) is 3.77. The van der Waals surface area contributed by atoms with E-state index in [9.17, 15) is 23.2 Å². The number of amides is 1. The lowest BCUT2D eigenvalue weighted by molar-refractivity contribution is -0.147. The summed E-state index contributed by atoms with van der Waals surface area (Å²) in [7, 11) is 1.98. The topological polar surface area (TPSA) is 149 Å². The van der Waals surface area contributed by atoms with E-state index in [2.05, 4.69) is 15.0 Å². The number of allylic oxidation sites excluding steroid dienone is 2. The standard InChI is InChI=1S/C44H45F3N6O7S/c1-30(61-35-25-58-42(59-26-35)10-6-4-7-32-12-11-31(23-48)21-38(32)46)44(27-53-29-49-28-50-53,37-14-13-34(45)22-39(37)47)60-43(56)36-9-5-3-8-33(36)24-57-41(55)16-15-40(54)52-19-17-51(2)18-20-52/h3-14,21-22,28-30,35,42H,15-20,24-27H2,1-2H3/b7-4+,10-6+/t30-,35?,42?,44-/m1/s1. The largest absolute Gasteiger partial charge is 0.461 e. The van der Waals surface area contributed by atoms with E-state index in [4.69, 9.17) is 24.2 Å². The number of hydrogen-bond acceptors (Lipinski definition) is 12. The fourth-order valence-corrected chi connectivity index (χ4v) is 8.21. The van der Waals surface area contributed by atoms with Crippen molar-refractivity contribution in [2.45, 2.75) is 55.3 Å². The summed E-state index contributed by atoms with van der Waals surface area (Å²) < 4.78 is 69.8. The first-order valence-corrected chi connectivity index (χ1v) is 20.5. The first kappa shape index (κ1) is 44.7. The second-order valence-electron chi connectivity index (χ2n) is 14.5. The first-order valence-electron chi connectivity index (χ1n) is 19.6. The summed E-state index contributed by atoms with van der Waals surface area (Å²) >= 11 is 1.31. The van der Waals surface area contributed by atoms with Gasteiger partial charge in [0, 0.05) is 60.6 Å². The number of likely N-dealkylation sites (N-methyl/N-ethyl adjacent to an activating group) is 1. The van der Waals surface area contributed by atoms with E-state index in [0.717, 1.165) is 25.2 Å². The van der Waals surface area contributed by atoms with Crippen molar-refractivity contribution in [1.29, 1.82) is 5.26 Å². The molecule has 17 heteroatoms. The molecule has 2 fully saturated rings. The van der Waals surface area contributed by atoms with E-state index in [0.29, 0.717) is 30.3 Å². The third-order valence-electron chi connectivity index (χ3n) is 10.3. The number of piperazine rings is 1. The van der Waals surface area contributed by atoms with E-state index < -0.39 is 46.5 Å². The molecule has 0 unspecified atom stereocenters. The third-order valence-corrected chi connectivity index (χ3v) is 11.7. The van der Waals surface area contributed by atoms with Crippen LogP contribution < -0.4 is 0 Å². The second-order valence-corrected chi connectivity index (χ2v) is 16.2. The van der Waals surface area contributed by atoms with Crippen molar-refractivity contribution in [3.63, 3.8) is 0 Å². The Balaban J connectivity index is 1.16. The van der Waals surface area contributed by atoms with Gasteiger partial charge in [-0.05, 0) is 50.4 Å². The van der Waals surface area contributed by atoms with Crippen LogP contribution in [0, 0.1) is 28.8 Å². The maximum atomic E-state index is 16.0. The Morgan fingerprint density at radius 1 is 1.00 bits per heavy atom. The van der Waals surface area contributed by atoms with Crippen molar-refractivity contribution in [1.82, 2.24) is 24.6 Å². The first-order chi connectivity index (χ1) is 29.4. The van der Waals surface area contributed by atoms with Gasteiger partial charge < -0.3 is 28.7 Å². The van der Waals surface area contributed by atoms with E-state index in [-0.39, 0.29) is 67.1 Å². The average molecular weight is 859 g/mol. The minimum absolute atomic E-state index is 0.00900. The van der Waals surface area contributed by atoms with Gasteiger partial charge in [-0.15, -0.1) is 11.8 Å². The van der Waals surface area contributed by atoms with E-state index in [1.807, 2.05) is 13.1 Å². The number of rotatable bonds is 16. The van der Waals surface area contributed by atoms with E-state index >= 15 is 4.39 Å². The predicted octanol–water partition coefficient (Wildman–Crippen LogP) is 6.05. The minimum Gasteiger partial charge on any atom is -0.461 e. The summed E-state index contributed by atoms with van der Waals surface area (Å²) in [5, 5.41) is 12.1. The van der Waals surface area contributed by atoms with Crippen LogP contribution in [0.2, 0.25) is 0 Å². The Morgan fingerprint density at radius 2 is 1.77 bits per heavy atom. The zero-order valence-electron chi connectivity index (χ0n) is 33.6. The molecule has 0 radical (unpaired) electrons. The summed E-state index contributed by atoms with van der Waals surface area (Å²) in [6.07, 6.45) is 8.25. The van der Waals surface area contributed by atoms with Crippen molar-refractivity contribution in [3.8, 4) is 6.07 Å².